The molecule has 0 nitrogen and oxygen atoms in total. The fourth-order valence-electron chi connectivity index (χ4n) is 7.40. The van der Waals surface area contributed by atoms with Gasteiger partial charge in [-0.1, -0.05) is 0 Å². The molecular weight excluding hydrogens is 583 g/mol. The zero-order valence-electron chi connectivity index (χ0n) is 24.1. The first-order chi connectivity index (χ1) is 21.2. The Labute approximate surface area is 256 Å². The second kappa shape index (κ2) is 9.41. The number of aryl methyl sites for hydroxylation is 2. The Balaban J connectivity index is 1.29. The van der Waals surface area contributed by atoms with E-state index in [4.69, 9.17) is 0 Å². The Morgan fingerprint density at radius 3 is 1.19 bits per heavy atom. The van der Waals surface area contributed by atoms with Gasteiger partial charge in [0.15, 0.2) is 0 Å². The molecule has 0 fully saturated rings. The van der Waals surface area contributed by atoms with Gasteiger partial charge in [-0.2, -0.15) is 0 Å². The summed E-state index contributed by atoms with van der Waals surface area (Å²) >= 11 is 0.271. The van der Waals surface area contributed by atoms with Gasteiger partial charge in [0.25, 0.3) is 0 Å². The maximum atomic E-state index is 2.48. The van der Waals surface area contributed by atoms with Crippen LogP contribution in [0.4, 0.5) is 0 Å². The number of benzene rings is 8. The van der Waals surface area contributed by atoms with Crippen LogP contribution < -0.4 is 0 Å². The van der Waals surface area contributed by atoms with E-state index in [2.05, 4.69) is 147 Å². The van der Waals surface area contributed by atoms with Crippen LogP contribution in [-0.2, 0) is 0 Å². The van der Waals surface area contributed by atoms with E-state index in [1.54, 1.807) is 0 Å². The predicted molar refractivity (Wildman–Crippen MR) is 189 cm³/mol. The Bertz CT molecular complexity index is 2470. The third-order valence-electron chi connectivity index (χ3n) is 9.45. The fraction of sp³-hybridized carbons (Fsp3) is 0.0476. The molecule has 0 amide bonds. The van der Waals surface area contributed by atoms with Crippen LogP contribution in [0.25, 0.3) is 84.6 Å². The molecule has 9 aromatic rings. The summed E-state index contributed by atoms with van der Waals surface area (Å²) < 4.78 is 2.95. The van der Waals surface area contributed by atoms with Gasteiger partial charge in [0.05, 0.1) is 0 Å². The van der Waals surface area contributed by atoms with Crippen LogP contribution in [0.3, 0.4) is 0 Å². The van der Waals surface area contributed by atoms with Crippen LogP contribution in [0.15, 0.2) is 133 Å². The quantitative estimate of drug-likeness (QED) is 0.135. The molecule has 0 saturated heterocycles. The fourth-order valence-corrected chi connectivity index (χ4v) is 9.76. The van der Waals surface area contributed by atoms with Gasteiger partial charge < -0.3 is 0 Å². The molecule has 8 aromatic carbocycles. The van der Waals surface area contributed by atoms with E-state index in [1.807, 2.05) is 0 Å². The molecule has 0 spiro atoms. The van der Waals surface area contributed by atoms with Crippen molar-refractivity contribution in [3.8, 4) is 22.3 Å². The van der Waals surface area contributed by atoms with E-state index >= 15 is 0 Å². The molecule has 0 bridgehead atoms. The molecular formula is C42H28Se. The normalized spacial score (nSPS) is 12.0. The topological polar surface area (TPSA) is 0 Å². The van der Waals surface area contributed by atoms with Crippen molar-refractivity contribution >= 4 is 76.9 Å². The van der Waals surface area contributed by atoms with Crippen molar-refractivity contribution in [3.63, 3.8) is 0 Å². The van der Waals surface area contributed by atoms with Crippen molar-refractivity contribution in [1.29, 1.82) is 0 Å². The zero-order valence-corrected chi connectivity index (χ0v) is 25.8. The maximum absolute atomic E-state index is 2.48. The van der Waals surface area contributed by atoms with E-state index in [0.717, 1.165) is 0 Å². The van der Waals surface area contributed by atoms with Crippen LogP contribution in [0.5, 0.6) is 0 Å². The SMILES string of the molecule is Cc1c2ccccc2c(-c2ccc3c(c2)[se]c2ccc(-c4c5ccccc5c(C)c5ccccc45)cc23)c2ccccc12. The van der Waals surface area contributed by atoms with Crippen LogP contribution >= 0.6 is 0 Å². The summed E-state index contributed by atoms with van der Waals surface area (Å²) in [6.07, 6.45) is 0. The van der Waals surface area contributed by atoms with Crippen molar-refractivity contribution < 1.29 is 0 Å². The monoisotopic (exact) mass is 612 g/mol. The van der Waals surface area contributed by atoms with Gasteiger partial charge in [-0.25, -0.2) is 0 Å². The number of fused-ring (bicyclic) bond motifs is 7. The summed E-state index contributed by atoms with van der Waals surface area (Å²) in [6.45, 7) is 4.52. The first kappa shape index (κ1) is 24.9. The molecule has 0 atom stereocenters. The second-order valence-corrected chi connectivity index (χ2v) is 14.0. The second-order valence-electron chi connectivity index (χ2n) is 11.7. The molecule has 0 N–H and O–H groups in total. The molecule has 9 rings (SSSR count). The van der Waals surface area contributed by atoms with Crippen molar-refractivity contribution in [3.05, 3.63) is 145 Å². The van der Waals surface area contributed by atoms with Gasteiger partial charge in [0.2, 0.25) is 0 Å². The van der Waals surface area contributed by atoms with Crippen LogP contribution in [0.1, 0.15) is 11.1 Å². The number of hydrogen-bond donors (Lipinski definition) is 0. The molecule has 0 aliphatic rings. The summed E-state index contributed by atoms with van der Waals surface area (Å²) in [6, 6.07) is 50.0. The molecule has 0 aliphatic carbocycles. The van der Waals surface area contributed by atoms with Crippen LogP contribution in [0, 0.1) is 13.8 Å². The van der Waals surface area contributed by atoms with E-state index in [1.165, 1.54) is 95.8 Å². The number of hydrogen-bond acceptors (Lipinski definition) is 0. The van der Waals surface area contributed by atoms with Crippen LogP contribution in [0.2, 0.25) is 0 Å². The van der Waals surface area contributed by atoms with Crippen molar-refractivity contribution in [2.75, 3.05) is 0 Å². The molecule has 202 valence electrons. The Kier molecular flexibility index (Phi) is 5.45. The van der Waals surface area contributed by atoms with E-state index in [9.17, 15) is 0 Å². The molecule has 1 heterocycles. The predicted octanol–water partition coefficient (Wildman–Crippen LogP) is 11.6. The minimum atomic E-state index is 0.271. The average Bonchev–Trinajstić information content (AvgIpc) is 3.42. The average molecular weight is 612 g/mol. The molecule has 0 aliphatic heterocycles. The summed E-state index contributed by atoms with van der Waals surface area (Å²) in [5, 5.41) is 13.5. The van der Waals surface area contributed by atoms with Gasteiger partial charge in [-0.3, -0.25) is 0 Å². The van der Waals surface area contributed by atoms with Crippen molar-refractivity contribution in [1.82, 2.24) is 0 Å². The van der Waals surface area contributed by atoms with E-state index in [-0.39, 0.29) is 14.5 Å². The molecule has 0 radical (unpaired) electrons. The van der Waals surface area contributed by atoms with Gasteiger partial charge in [0, 0.05) is 0 Å². The molecule has 1 aromatic heterocycles. The Hall–Kier alpha value is -4.68. The third-order valence-corrected chi connectivity index (χ3v) is 11.8. The van der Waals surface area contributed by atoms with Gasteiger partial charge >= 0.3 is 258 Å². The summed E-state index contributed by atoms with van der Waals surface area (Å²) in [7, 11) is 0. The Morgan fingerprint density at radius 1 is 0.326 bits per heavy atom. The molecule has 1 heteroatoms. The van der Waals surface area contributed by atoms with Gasteiger partial charge in [0.1, 0.15) is 0 Å². The third kappa shape index (κ3) is 3.63. The van der Waals surface area contributed by atoms with Gasteiger partial charge in [-0.15, -0.1) is 0 Å². The summed E-state index contributed by atoms with van der Waals surface area (Å²) in [5.41, 5.74) is 8.02. The van der Waals surface area contributed by atoms with E-state index < -0.39 is 0 Å². The van der Waals surface area contributed by atoms with E-state index in [0.29, 0.717) is 0 Å². The molecule has 0 unspecified atom stereocenters. The zero-order chi connectivity index (χ0) is 28.7. The Morgan fingerprint density at radius 2 is 0.721 bits per heavy atom. The minimum absolute atomic E-state index is 0.271. The molecule has 43 heavy (non-hydrogen) atoms. The summed E-state index contributed by atoms with van der Waals surface area (Å²) in [4.78, 5) is 0. The van der Waals surface area contributed by atoms with Crippen LogP contribution in [-0.4, -0.2) is 14.5 Å². The summed E-state index contributed by atoms with van der Waals surface area (Å²) in [5.74, 6) is 0. The van der Waals surface area contributed by atoms with Gasteiger partial charge in [-0.05, 0) is 0 Å². The number of rotatable bonds is 2. The van der Waals surface area contributed by atoms with Crippen molar-refractivity contribution in [2.24, 2.45) is 0 Å². The van der Waals surface area contributed by atoms with Crippen molar-refractivity contribution in [2.45, 2.75) is 13.8 Å². The first-order valence-corrected chi connectivity index (χ1v) is 16.7. The standard InChI is InChI=1S/C42H28Se/c1-25-29-11-3-7-15-34(29)41(35-16-8-4-12-30(25)35)27-20-22-39-38(23-27)33-21-19-28(24-40(33)43-39)42-36-17-9-5-13-31(36)26(2)32-14-6-10-18-37(32)42/h3-24H,1-2H3. The molecule has 0 saturated carbocycles. The first-order valence-electron chi connectivity index (χ1n) is 14.9.